The molecule has 4 aromatic heterocycles. The molecule has 0 atom stereocenters. The Labute approximate surface area is 226 Å². The molecule has 0 radical (unpaired) electrons. The molecule has 6 heterocycles. The summed E-state index contributed by atoms with van der Waals surface area (Å²) in [7, 11) is 3.80. The molecule has 0 unspecified atom stereocenters. The topological polar surface area (TPSA) is 85.0 Å². The molecule has 4 aromatic rings. The van der Waals surface area contributed by atoms with Crippen molar-refractivity contribution in [1.82, 2.24) is 24.4 Å². The van der Waals surface area contributed by atoms with Crippen LogP contribution in [-0.2, 0) is 14.1 Å². The van der Waals surface area contributed by atoms with Crippen molar-refractivity contribution in [2.45, 2.75) is 38.5 Å². The maximum atomic E-state index is 11.2. The number of aryl methyl sites for hydroxylation is 2. The largest absolute Gasteiger partial charge is 0.371 e. The van der Waals surface area contributed by atoms with Crippen LogP contribution in [0.5, 0.6) is 0 Å². The molecule has 0 aromatic carbocycles. The van der Waals surface area contributed by atoms with Crippen molar-refractivity contribution in [3.63, 3.8) is 0 Å². The molecule has 2 fully saturated rings. The number of carbonyl (C=O) groups excluding carboxylic acids is 2. The molecule has 2 aliphatic heterocycles. The summed E-state index contributed by atoms with van der Waals surface area (Å²) in [6, 6.07) is 3.86. The van der Waals surface area contributed by atoms with E-state index in [0.717, 1.165) is 63.5 Å². The van der Waals surface area contributed by atoms with E-state index in [0.29, 0.717) is 5.56 Å². The van der Waals surface area contributed by atoms with Crippen LogP contribution in [-0.4, -0.2) is 57.9 Å². The zero-order valence-electron chi connectivity index (χ0n) is 21.6. The van der Waals surface area contributed by atoms with Gasteiger partial charge < -0.3 is 19.4 Å². The second kappa shape index (κ2) is 13.0. The number of rotatable bonds is 3. The Hall–Kier alpha value is -3.04. The van der Waals surface area contributed by atoms with Gasteiger partial charge in [0.15, 0.2) is 12.6 Å². The summed E-state index contributed by atoms with van der Waals surface area (Å²) in [6.07, 6.45) is 16.9. The maximum Gasteiger partial charge on any atom is 0.152 e. The summed E-state index contributed by atoms with van der Waals surface area (Å²) in [5, 5.41) is 5.16. The number of nitrogens with zero attached hydrogens (tertiary/aromatic N) is 5. The molecule has 9 heteroatoms. The highest BCUT2D eigenvalue weighted by molar-refractivity contribution is 9.10. The van der Waals surface area contributed by atoms with Gasteiger partial charge in [0.25, 0.3) is 0 Å². The Kier molecular flexibility index (Phi) is 9.46. The fourth-order valence-corrected chi connectivity index (χ4v) is 5.52. The Bertz CT molecular complexity index is 1340. The van der Waals surface area contributed by atoms with Crippen LogP contribution in [0, 0.1) is 0 Å². The molecule has 0 saturated carbocycles. The first-order valence-electron chi connectivity index (χ1n) is 12.9. The van der Waals surface area contributed by atoms with E-state index >= 15 is 0 Å². The quantitative estimate of drug-likeness (QED) is 0.339. The van der Waals surface area contributed by atoms with Gasteiger partial charge in [-0.15, -0.1) is 0 Å². The molecule has 8 nitrogen and oxygen atoms in total. The van der Waals surface area contributed by atoms with Crippen molar-refractivity contribution in [2.24, 2.45) is 14.1 Å². The van der Waals surface area contributed by atoms with Gasteiger partial charge >= 0.3 is 0 Å². The molecule has 6 rings (SSSR count). The Balaban J connectivity index is 0.000000146. The minimum Gasteiger partial charge on any atom is -0.371 e. The van der Waals surface area contributed by atoms with Gasteiger partial charge in [-0.25, -0.2) is 9.97 Å². The monoisotopic (exact) mass is 566 g/mol. The van der Waals surface area contributed by atoms with Crippen LogP contribution in [0.4, 0.5) is 5.69 Å². The van der Waals surface area contributed by atoms with E-state index in [9.17, 15) is 9.59 Å². The van der Waals surface area contributed by atoms with Gasteiger partial charge in [0.2, 0.25) is 0 Å². The normalized spacial score (nSPS) is 15.5. The number of pyridine rings is 2. The molecule has 1 N–H and O–H groups in total. The van der Waals surface area contributed by atoms with Crippen molar-refractivity contribution >= 4 is 56.3 Å². The first-order valence-corrected chi connectivity index (χ1v) is 13.7. The fourth-order valence-electron chi connectivity index (χ4n) is 5.00. The summed E-state index contributed by atoms with van der Waals surface area (Å²) in [6.45, 7) is 4.65. The summed E-state index contributed by atoms with van der Waals surface area (Å²) >= 11 is 3.39. The highest BCUT2D eigenvalue weighted by Gasteiger charge is 2.18. The minimum atomic E-state index is 0.664. The van der Waals surface area contributed by atoms with Crippen LogP contribution in [0.15, 0.2) is 41.4 Å². The van der Waals surface area contributed by atoms with Gasteiger partial charge in [0, 0.05) is 73.0 Å². The van der Waals surface area contributed by atoms with Gasteiger partial charge in [-0.2, -0.15) is 0 Å². The van der Waals surface area contributed by atoms with Crippen molar-refractivity contribution < 1.29 is 9.59 Å². The predicted molar refractivity (Wildman–Crippen MR) is 153 cm³/mol. The van der Waals surface area contributed by atoms with Crippen molar-refractivity contribution in [1.29, 1.82) is 0 Å². The molecule has 0 spiro atoms. The summed E-state index contributed by atoms with van der Waals surface area (Å²) in [4.78, 5) is 32.9. The maximum absolute atomic E-state index is 11.2. The van der Waals surface area contributed by atoms with Crippen molar-refractivity contribution in [3.8, 4) is 0 Å². The zero-order valence-corrected chi connectivity index (χ0v) is 23.2. The number of aromatic nitrogens is 4. The number of fused-ring (bicyclic) bond motifs is 2. The number of hydrogen-bond acceptors (Lipinski definition) is 6. The van der Waals surface area contributed by atoms with E-state index in [-0.39, 0.29) is 0 Å². The van der Waals surface area contributed by atoms with E-state index < -0.39 is 0 Å². The predicted octanol–water partition coefficient (Wildman–Crippen LogP) is 5.28. The van der Waals surface area contributed by atoms with Crippen LogP contribution in [0.1, 0.15) is 59.2 Å². The number of carbonyl (C=O) groups is 2. The smallest absolute Gasteiger partial charge is 0.152 e. The van der Waals surface area contributed by atoms with E-state index in [1.165, 1.54) is 51.6 Å². The van der Waals surface area contributed by atoms with Gasteiger partial charge in [-0.3, -0.25) is 9.59 Å². The lowest BCUT2D eigenvalue weighted by Crippen LogP contribution is -2.29. The number of aldehydes is 2. The van der Waals surface area contributed by atoms with Crippen molar-refractivity contribution in [3.05, 3.63) is 52.5 Å². The second-order valence-electron chi connectivity index (χ2n) is 9.50. The lowest BCUT2D eigenvalue weighted by molar-refractivity contribution is 0.111. The summed E-state index contributed by atoms with van der Waals surface area (Å²) in [5.41, 5.74) is 4.26. The SMILES string of the molecule is C1CCNCC1.Cn1cc(C=O)c2c(Br)ccnc21.Cn1cc(C=O)c2c(N3CCCCC3)ccnc21. The average molecular weight is 568 g/mol. The molecule has 2 saturated heterocycles. The molecule has 0 aliphatic carbocycles. The van der Waals surface area contributed by atoms with Crippen LogP contribution >= 0.6 is 15.9 Å². The molecule has 0 amide bonds. The first-order chi connectivity index (χ1) is 18.0. The molecular formula is C28H35BrN6O2. The number of hydrogen-bond donors (Lipinski definition) is 1. The third-order valence-corrected chi connectivity index (χ3v) is 7.52. The highest BCUT2D eigenvalue weighted by atomic mass is 79.9. The summed E-state index contributed by atoms with van der Waals surface area (Å²) in [5.74, 6) is 0. The first kappa shape index (κ1) is 27.0. The third kappa shape index (κ3) is 6.27. The van der Waals surface area contributed by atoms with Gasteiger partial charge in [-0.05, 0) is 73.3 Å². The fraction of sp³-hybridized carbons (Fsp3) is 0.429. The Morgan fingerprint density at radius 2 is 1.32 bits per heavy atom. The number of anilines is 1. The van der Waals surface area contributed by atoms with E-state index in [2.05, 4.69) is 36.1 Å². The van der Waals surface area contributed by atoms with Crippen molar-refractivity contribution in [2.75, 3.05) is 31.1 Å². The standard InChI is InChI=1S/C14H17N3O.C9H7BrN2O.C5H11N/c1-16-9-11(10-18)13-12(5-6-15-14(13)16)17-7-3-2-4-8-17;1-12-4-6(5-13)8-7(10)2-3-11-9(8)12;1-2-4-6-5-3-1/h5-6,9-10H,2-4,7-8H2,1H3;2-5H,1H3;6H,1-5H2. The molecule has 0 bridgehead atoms. The second-order valence-corrected chi connectivity index (χ2v) is 10.4. The minimum absolute atomic E-state index is 0.664. The van der Waals surface area contributed by atoms with E-state index in [4.69, 9.17) is 0 Å². The molecular weight excluding hydrogens is 532 g/mol. The highest BCUT2D eigenvalue weighted by Crippen LogP contribution is 2.30. The van der Waals surface area contributed by atoms with Crippen LogP contribution in [0.25, 0.3) is 22.1 Å². The van der Waals surface area contributed by atoms with Gasteiger partial charge in [0.05, 0.1) is 11.1 Å². The summed E-state index contributed by atoms with van der Waals surface area (Å²) < 4.78 is 4.66. The van der Waals surface area contributed by atoms with Crippen LogP contribution in [0.3, 0.4) is 0 Å². The van der Waals surface area contributed by atoms with Gasteiger partial charge in [-0.1, -0.05) is 6.42 Å². The molecule has 37 heavy (non-hydrogen) atoms. The number of nitrogens with one attached hydrogen (secondary N) is 1. The number of piperidine rings is 2. The number of halogens is 1. The average Bonchev–Trinajstić information content (AvgIpc) is 3.47. The zero-order chi connectivity index (χ0) is 26.2. The van der Waals surface area contributed by atoms with Gasteiger partial charge in [0.1, 0.15) is 11.3 Å². The molecule has 2 aliphatic rings. The van der Waals surface area contributed by atoms with E-state index in [1.54, 1.807) is 12.4 Å². The lowest BCUT2D eigenvalue weighted by atomic mass is 10.1. The third-order valence-electron chi connectivity index (χ3n) is 6.86. The Morgan fingerprint density at radius 1 is 0.784 bits per heavy atom. The Morgan fingerprint density at radius 3 is 1.86 bits per heavy atom. The van der Waals surface area contributed by atoms with E-state index in [1.807, 2.05) is 47.8 Å². The molecule has 196 valence electrons. The lowest BCUT2D eigenvalue weighted by Gasteiger charge is -2.29. The van der Waals surface area contributed by atoms with Crippen LogP contribution < -0.4 is 10.2 Å². The van der Waals surface area contributed by atoms with Crippen LogP contribution in [0.2, 0.25) is 0 Å².